The average Bonchev–Trinajstić information content (AvgIpc) is 2.93. The van der Waals surface area contributed by atoms with Crippen molar-refractivity contribution in [3.63, 3.8) is 0 Å². The highest BCUT2D eigenvalue weighted by molar-refractivity contribution is 7.80. The normalized spacial score (nSPS) is 29.8. The molecule has 2 heterocycles. The van der Waals surface area contributed by atoms with E-state index < -0.39 is 48.6 Å². The van der Waals surface area contributed by atoms with Crippen LogP contribution >= 0.6 is 12.2 Å². The van der Waals surface area contributed by atoms with Crippen LogP contribution in [0.4, 0.5) is 0 Å². The maximum atomic E-state index is 11.3. The Bertz CT molecular complexity index is 524. The molecule has 0 amide bonds. The first-order valence-corrected chi connectivity index (χ1v) is 7.29. The summed E-state index contributed by atoms with van der Waals surface area (Å²) in [6.07, 6.45) is -3.35. The van der Waals surface area contributed by atoms with Crippen molar-refractivity contribution in [1.82, 2.24) is 5.32 Å². The van der Waals surface area contributed by atoms with E-state index in [-0.39, 0.29) is 11.8 Å². The number of fused-ring (bicyclic) bond motifs is 1. The minimum Gasteiger partial charge on any atom is -0.462 e. The molecule has 5 atom stereocenters. The summed E-state index contributed by atoms with van der Waals surface area (Å²) in [5.41, 5.74) is 0. The van der Waals surface area contributed by atoms with Crippen molar-refractivity contribution in [1.29, 1.82) is 0 Å². The number of carbonyl (C=O) groups excluding carboxylic acids is 3. The number of ether oxygens (including phenoxy) is 5. The van der Waals surface area contributed by atoms with Crippen LogP contribution in [0.2, 0.25) is 0 Å². The zero-order chi connectivity index (χ0) is 17.1. The molecule has 0 aliphatic carbocycles. The lowest BCUT2D eigenvalue weighted by Gasteiger charge is -2.25. The van der Waals surface area contributed by atoms with E-state index >= 15 is 0 Å². The van der Waals surface area contributed by atoms with E-state index in [4.69, 9.17) is 35.9 Å². The molecule has 2 rings (SSSR count). The molecule has 2 aliphatic rings. The van der Waals surface area contributed by atoms with Crippen LogP contribution in [0.3, 0.4) is 0 Å². The minimum atomic E-state index is -1.01. The minimum absolute atomic E-state index is 0.125. The third-order valence-electron chi connectivity index (χ3n) is 3.21. The van der Waals surface area contributed by atoms with Crippen molar-refractivity contribution >= 4 is 35.3 Å². The number of thiocarbonyl (C=S) groups is 1. The van der Waals surface area contributed by atoms with Crippen LogP contribution in [0.5, 0.6) is 0 Å². The molecule has 2 saturated heterocycles. The lowest BCUT2D eigenvalue weighted by Crippen LogP contribution is -2.47. The predicted molar refractivity (Wildman–Crippen MR) is 77.0 cm³/mol. The Hall–Kier alpha value is -1.94. The van der Waals surface area contributed by atoms with Crippen molar-refractivity contribution in [2.24, 2.45) is 0 Å². The Morgan fingerprint density at radius 1 is 1.22 bits per heavy atom. The van der Waals surface area contributed by atoms with Gasteiger partial charge >= 0.3 is 17.9 Å². The van der Waals surface area contributed by atoms with Gasteiger partial charge in [-0.1, -0.05) is 0 Å². The molecular formula is C13H17NO8S. The molecule has 2 fully saturated rings. The summed E-state index contributed by atoms with van der Waals surface area (Å²) in [6.45, 7) is 3.48. The summed E-state index contributed by atoms with van der Waals surface area (Å²) in [6, 6.07) is -0.508. The van der Waals surface area contributed by atoms with Gasteiger partial charge in [0.2, 0.25) is 6.29 Å². The third kappa shape index (κ3) is 4.29. The van der Waals surface area contributed by atoms with Crippen LogP contribution in [-0.4, -0.2) is 60.3 Å². The van der Waals surface area contributed by atoms with Crippen molar-refractivity contribution in [3.05, 3.63) is 0 Å². The number of hydrogen-bond donors (Lipinski definition) is 1. The van der Waals surface area contributed by atoms with E-state index in [9.17, 15) is 14.4 Å². The standard InChI is InChI=1S/C13H17NO8S/c1-5(15)18-4-8(19-6(2)16)10-9-11(22-13(23)14-9)12(21-10)20-7(3)17/h8-12H,4H2,1-3H3,(H,14,23)/t8-,9-,10-,11-,12-/m1/s1. The number of rotatable bonds is 5. The zero-order valence-electron chi connectivity index (χ0n) is 12.8. The molecule has 0 radical (unpaired) electrons. The van der Waals surface area contributed by atoms with Gasteiger partial charge in [-0.3, -0.25) is 14.4 Å². The van der Waals surface area contributed by atoms with Crippen LogP contribution in [0.25, 0.3) is 0 Å². The molecule has 128 valence electrons. The highest BCUT2D eigenvalue weighted by Gasteiger charge is 2.56. The average molecular weight is 347 g/mol. The predicted octanol–water partition coefficient (Wildman–Crippen LogP) is -0.589. The highest BCUT2D eigenvalue weighted by Crippen LogP contribution is 2.32. The van der Waals surface area contributed by atoms with Gasteiger partial charge in [0.05, 0.1) is 0 Å². The van der Waals surface area contributed by atoms with Gasteiger partial charge in [-0.25, -0.2) is 0 Å². The number of carbonyl (C=O) groups is 3. The molecule has 10 heteroatoms. The van der Waals surface area contributed by atoms with Crippen LogP contribution in [0.1, 0.15) is 20.8 Å². The second-order valence-electron chi connectivity index (χ2n) is 5.07. The van der Waals surface area contributed by atoms with Crippen LogP contribution < -0.4 is 5.32 Å². The summed E-state index contributed by atoms with van der Waals surface area (Å²) in [7, 11) is 0. The molecular weight excluding hydrogens is 330 g/mol. The van der Waals surface area contributed by atoms with Crippen molar-refractivity contribution in [2.75, 3.05) is 6.61 Å². The summed E-state index contributed by atoms with van der Waals surface area (Å²) < 4.78 is 26.1. The fourth-order valence-electron chi connectivity index (χ4n) is 2.45. The Kier molecular flexibility index (Phi) is 5.37. The monoisotopic (exact) mass is 347 g/mol. The van der Waals surface area contributed by atoms with Crippen LogP contribution in [-0.2, 0) is 38.1 Å². The van der Waals surface area contributed by atoms with E-state index in [2.05, 4.69) is 5.32 Å². The summed E-state index contributed by atoms with van der Waals surface area (Å²) in [4.78, 5) is 33.5. The Morgan fingerprint density at radius 2 is 1.91 bits per heavy atom. The quantitative estimate of drug-likeness (QED) is 0.394. The molecule has 0 aromatic rings. The fraction of sp³-hybridized carbons (Fsp3) is 0.692. The number of hydrogen-bond acceptors (Lipinski definition) is 9. The molecule has 23 heavy (non-hydrogen) atoms. The molecule has 2 aliphatic heterocycles. The van der Waals surface area contributed by atoms with Gasteiger partial charge in [-0.05, 0) is 12.2 Å². The van der Waals surface area contributed by atoms with Gasteiger partial charge in [-0.15, -0.1) is 0 Å². The van der Waals surface area contributed by atoms with E-state index in [1.54, 1.807) is 0 Å². The molecule has 0 unspecified atom stereocenters. The summed E-state index contributed by atoms with van der Waals surface area (Å²) >= 11 is 4.95. The maximum Gasteiger partial charge on any atom is 0.305 e. The summed E-state index contributed by atoms with van der Waals surface area (Å²) in [5, 5.41) is 3.00. The third-order valence-corrected chi connectivity index (χ3v) is 3.43. The molecule has 1 N–H and O–H groups in total. The first-order chi connectivity index (χ1) is 10.8. The molecule has 0 bridgehead atoms. The van der Waals surface area contributed by atoms with Crippen LogP contribution in [0, 0.1) is 0 Å². The largest absolute Gasteiger partial charge is 0.462 e. The molecule has 0 aromatic carbocycles. The van der Waals surface area contributed by atoms with Gasteiger partial charge in [-0.2, -0.15) is 0 Å². The van der Waals surface area contributed by atoms with Crippen molar-refractivity contribution < 1.29 is 38.1 Å². The maximum absolute atomic E-state index is 11.3. The van der Waals surface area contributed by atoms with Gasteiger partial charge in [0, 0.05) is 20.8 Å². The van der Waals surface area contributed by atoms with Gasteiger partial charge in [0.15, 0.2) is 12.2 Å². The first-order valence-electron chi connectivity index (χ1n) is 6.88. The number of esters is 3. The van der Waals surface area contributed by atoms with Crippen molar-refractivity contribution in [2.45, 2.75) is 51.4 Å². The van der Waals surface area contributed by atoms with E-state index in [1.165, 1.54) is 20.8 Å². The molecule has 9 nitrogen and oxygen atoms in total. The first kappa shape index (κ1) is 17.4. The Balaban J connectivity index is 2.15. The highest BCUT2D eigenvalue weighted by atomic mass is 32.1. The van der Waals surface area contributed by atoms with E-state index in [0.29, 0.717) is 0 Å². The number of nitrogens with one attached hydrogen (secondary N) is 1. The van der Waals surface area contributed by atoms with Gasteiger partial charge in [0.1, 0.15) is 18.8 Å². The Morgan fingerprint density at radius 3 is 2.48 bits per heavy atom. The van der Waals surface area contributed by atoms with Gasteiger partial charge < -0.3 is 29.0 Å². The van der Waals surface area contributed by atoms with E-state index in [1.807, 2.05) is 0 Å². The second kappa shape index (κ2) is 7.09. The van der Waals surface area contributed by atoms with E-state index in [0.717, 1.165) is 0 Å². The fourth-order valence-corrected chi connectivity index (χ4v) is 2.69. The topological polar surface area (TPSA) is 109 Å². The molecule has 0 aromatic heterocycles. The summed E-state index contributed by atoms with van der Waals surface area (Å²) in [5.74, 6) is -1.65. The molecule has 0 saturated carbocycles. The zero-order valence-corrected chi connectivity index (χ0v) is 13.6. The smallest absolute Gasteiger partial charge is 0.305 e. The SMILES string of the molecule is CC(=O)OC[C@@H](OC(C)=O)[C@H]1O[C@@H](OC(C)=O)[C@@H]2OC(=S)N[C@@H]21. The van der Waals surface area contributed by atoms with Gasteiger partial charge in [0.25, 0.3) is 5.17 Å². The lowest BCUT2D eigenvalue weighted by molar-refractivity contribution is -0.198. The Labute approximate surface area is 137 Å². The second-order valence-corrected chi connectivity index (χ2v) is 5.44. The lowest BCUT2D eigenvalue weighted by atomic mass is 10.0. The van der Waals surface area contributed by atoms with Crippen LogP contribution in [0.15, 0.2) is 0 Å². The van der Waals surface area contributed by atoms with Crippen molar-refractivity contribution in [3.8, 4) is 0 Å². The molecule has 0 spiro atoms.